The number of para-hydroxylation sites is 1. The van der Waals surface area contributed by atoms with Crippen molar-refractivity contribution in [2.75, 3.05) is 17.1 Å². The van der Waals surface area contributed by atoms with Crippen LogP contribution in [0.15, 0.2) is 90.0 Å². The van der Waals surface area contributed by atoms with Gasteiger partial charge < -0.3 is 10.1 Å². The van der Waals surface area contributed by atoms with Gasteiger partial charge in [-0.25, -0.2) is 13.1 Å². The van der Waals surface area contributed by atoms with Gasteiger partial charge >= 0.3 is 0 Å². The second kappa shape index (κ2) is 9.17. The summed E-state index contributed by atoms with van der Waals surface area (Å²) in [6.07, 6.45) is 1.73. The number of rotatable bonds is 7. The number of aryl methyl sites for hydroxylation is 1. The zero-order valence-corrected chi connectivity index (χ0v) is 18.8. The molecule has 0 unspecified atom stereocenters. The molecule has 1 amide bonds. The highest BCUT2D eigenvalue weighted by Crippen LogP contribution is 2.22. The number of amides is 1. The van der Waals surface area contributed by atoms with Crippen LogP contribution in [-0.2, 0) is 10.0 Å². The summed E-state index contributed by atoms with van der Waals surface area (Å²) < 4.78 is 35.0. The molecule has 1 aromatic heterocycles. The van der Waals surface area contributed by atoms with Gasteiger partial charge in [0.2, 0.25) is 0 Å². The molecule has 0 saturated carbocycles. The summed E-state index contributed by atoms with van der Waals surface area (Å²) in [5.41, 5.74) is 2.11. The van der Waals surface area contributed by atoms with E-state index in [0.29, 0.717) is 22.8 Å². The highest BCUT2D eigenvalue weighted by atomic mass is 32.2. The van der Waals surface area contributed by atoms with Crippen molar-refractivity contribution in [1.82, 2.24) is 9.78 Å². The van der Waals surface area contributed by atoms with Gasteiger partial charge in [0.1, 0.15) is 5.75 Å². The maximum absolute atomic E-state index is 12.9. The van der Waals surface area contributed by atoms with E-state index < -0.39 is 15.9 Å². The molecule has 33 heavy (non-hydrogen) atoms. The molecule has 0 fully saturated rings. The minimum absolute atomic E-state index is 0.0242. The topological polar surface area (TPSA) is 102 Å². The quantitative estimate of drug-likeness (QED) is 0.428. The van der Waals surface area contributed by atoms with Crippen molar-refractivity contribution >= 4 is 27.4 Å². The summed E-state index contributed by atoms with van der Waals surface area (Å²) in [5, 5.41) is 7.09. The van der Waals surface area contributed by atoms with Gasteiger partial charge in [-0.2, -0.15) is 5.10 Å². The lowest BCUT2D eigenvalue weighted by Crippen LogP contribution is -2.17. The smallest absolute Gasteiger partial charge is 0.261 e. The average molecular weight is 463 g/mol. The Balaban J connectivity index is 1.54. The Hall–Kier alpha value is -4.11. The van der Waals surface area contributed by atoms with Gasteiger partial charge in [-0.1, -0.05) is 24.3 Å². The number of methoxy groups -OCH3 is 1. The number of ether oxygens (including phenoxy) is 1. The number of hydrogen-bond acceptors (Lipinski definition) is 5. The van der Waals surface area contributed by atoms with Crippen molar-refractivity contribution in [3.63, 3.8) is 0 Å². The number of carbonyl (C=O) groups is 1. The molecule has 0 radical (unpaired) electrons. The number of nitrogens with one attached hydrogen (secondary N) is 2. The fraction of sp³-hybridized carbons (Fsp3) is 0.0833. The molecule has 0 aliphatic rings. The van der Waals surface area contributed by atoms with Gasteiger partial charge in [0.15, 0.2) is 5.82 Å². The molecular weight excluding hydrogens is 440 g/mol. The molecule has 0 saturated heterocycles. The monoisotopic (exact) mass is 462 g/mol. The zero-order chi connectivity index (χ0) is 23.4. The predicted octanol–water partition coefficient (Wildman–Crippen LogP) is 4.24. The molecule has 0 atom stereocenters. The second-order valence-electron chi connectivity index (χ2n) is 7.25. The van der Waals surface area contributed by atoms with Crippen LogP contribution in [0.4, 0.5) is 11.5 Å². The number of benzene rings is 3. The number of anilines is 2. The zero-order valence-electron chi connectivity index (χ0n) is 18.0. The molecule has 4 aromatic rings. The molecule has 0 aliphatic heterocycles. The van der Waals surface area contributed by atoms with Crippen molar-refractivity contribution in [3.05, 3.63) is 96.2 Å². The van der Waals surface area contributed by atoms with Crippen LogP contribution >= 0.6 is 0 Å². The SMILES string of the molecule is COc1ccc(NS(=O)(=O)c2ccc(C)c(C(=O)Nc3ccn(-c4ccccc4)n3)c2)cc1. The highest BCUT2D eigenvalue weighted by Gasteiger charge is 2.19. The summed E-state index contributed by atoms with van der Waals surface area (Å²) in [6, 6.07) is 22.1. The molecule has 4 rings (SSSR count). The van der Waals surface area contributed by atoms with Crippen LogP contribution in [-0.4, -0.2) is 31.2 Å². The van der Waals surface area contributed by atoms with E-state index in [1.54, 1.807) is 54.2 Å². The van der Waals surface area contributed by atoms with Gasteiger partial charge in [0, 0.05) is 23.5 Å². The number of aromatic nitrogens is 2. The van der Waals surface area contributed by atoms with E-state index in [4.69, 9.17) is 4.74 Å². The normalized spacial score (nSPS) is 11.1. The lowest BCUT2D eigenvalue weighted by Gasteiger charge is -2.11. The molecule has 0 aliphatic carbocycles. The van der Waals surface area contributed by atoms with Crippen LogP contribution in [0.2, 0.25) is 0 Å². The van der Waals surface area contributed by atoms with Crippen molar-refractivity contribution < 1.29 is 17.9 Å². The third kappa shape index (κ3) is 5.04. The second-order valence-corrected chi connectivity index (χ2v) is 8.93. The average Bonchev–Trinajstić information content (AvgIpc) is 3.28. The Morgan fingerprint density at radius 2 is 1.70 bits per heavy atom. The fourth-order valence-electron chi connectivity index (χ4n) is 3.18. The van der Waals surface area contributed by atoms with E-state index in [0.717, 1.165) is 5.69 Å². The summed E-state index contributed by atoms with van der Waals surface area (Å²) in [4.78, 5) is 12.9. The molecular formula is C24H22N4O4S. The van der Waals surface area contributed by atoms with Gasteiger partial charge in [-0.15, -0.1) is 0 Å². The first-order valence-electron chi connectivity index (χ1n) is 10.1. The summed E-state index contributed by atoms with van der Waals surface area (Å²) in [6.45, 7) is 1.74. The molecule has 8 nitrogen and oxygen atoms in total. The molecule has 0 bridgehead atoms. The fourth-order valence-corrected chi connectivity index (χ4v) is 4.27. The number of carbonyl (C=O) groups excluding carboxylic acids is 1. The first-order valence-corrected chi connectivity index (χ1v) is 11.5. The number of nitrogens with zero attached hydrogens (tertiary/aromatic N) is 2. The maximum Gasteiger partial charge on any atom is 0.261 e. The van der Waals surface area contributed by atoms with Gasteiger partial charge in [0.05, 0.1) is 17.7 Å². The van der Waals surface area contributed by atoms with Crippen molar-refractivity contribution in [2.45, 2.75) is 11.8 Å². The first kappa shape index (κ1) is 22.1. The van der Waals surface area contributed by atoms with Gasteiger partial charge in [-0.05, 0) is 61.0 Å². The van der Waals surface area contributed by atoms with Crippen LogP contribution < -0.4 is 14.8 Å². The lowest BCUT2D eigenvalue weighted by molar-refractivity contribution is 0.102. The summed E-state index contributed by atoms with van der Waals surface area (Å²) >= 11 is 0. The Kier molecular flexibility index (Phi) is 6.14. The Bertz CT molecular complexity index is 1380. The van der Waals surface area contributed by atoms with Crippen LogP contribution in [0, 0.1) is 6.92 Å². The third-order valence-corrected chi connectivity index (χ3v) is 6.34. The molecule has 3 aromatic carbocycles. The summed E-state index contributed by atoms with van der Waals surface area (Å²) in [7, 11) is -2.37. The predicted molar refractivity (Wildman–Crippen MR) is 126 cm³/mol. The van der Waals surface area contributed by atoms with Crippen molar-refractivity contribution in [3.8, 4) is 11.4 Å². The minimum Gasteiger partial charge on any atom is -0.497 e. The van der Waals surface area contributed by atoms with E-state index in [1.807, 2.05) is 30.3 Å². The Labute approximate surface area is 191 Å². The van der Waals surface area contributed by atoms with Crippen molar-refractivity contribution in [2.24, 2.45) is 0 Å². The van der Waals surface area contributed by atoms with E-state index in [1.165, 1.54) is 19.2 Å². The van der Waals surface area contributed by atoms with Crippen molar-refractivity contribution in [1.29, 1.82) is 0 Å². The van der Waals surface area contributed by atoms with E-state index in [-0.39, 0.29) is 10.5 Å². The standard InChI is InChI=1S/C24H22N4O4S/c1-17-8-13-21(33(30,31)27-18-9-11-20(32-2)12-10-18)16-22(17)24(29)25-23-14-15-28(26-23)19-6-4-3-5-7-19/h3-16,27H,1-2H3,(H,25,26,29). The minimum atomic E-state index is -3.90. The molecule has 168 valence electrons. The Morgan fingerprint density at radius 1 is 0.970 bits per heavy atom. The Morgan fingerprint density at radius 3 is 2.39 bits per heavy atom. The van der Waals surface area contributed by atoms with E-state index >= 15 is 0 Å². The lowest BCUT2D eigenvalue weighted by atomic mass is 10.1. The molecule has 2 N–H and O–H groups in total. The largest absolute Gasteiger partial charge is 0.497 e. The van der Waals surface area contributed by atoms with Crippen LogP contribution in [0.3, 0.4) is 0 Å². The molecule has 9 heteroatoms. The van der Waals surface area contributed by atoms with Crippen LogP contribution in [0.25, 0.3) is 5.69 Å². The number of hydrogen-bond donors (Lipinski definition) is 2. The van der Waals surface area contributed by atoms with E-state index in [2.05, 4.69) is 15.1 Å². The van der Waals surface area contributed by atoms with Crippen LogP contribution in [0.5, 0.6) is 5.75 Å². The third-order valence-electron chi connectivity index (χ3n) is 4.96. The highest BCUT2D eigenvalue weighted by molar-refractivity contribution is 7.92. The number of sulfonamides is 1. The van der Waals surface area contributed by atoms with Gasteiger partial charge in [0.25, 0.3) is 15.9 Å². The summed E-state index contributed by atoms with van der Waals surface area (Å²) in [5.74, 6) is 0.516. The van der Waals surface area contributed by atoms with Gasteiger partial charge in [-0.3, -0.25) is 9.52 Å². The first-order chi connectivity index (χ1) is 15.9. The maximum atomic E-state index is 12.9. The molecule has 1 heterocycles. The van der Waals surface area contributed by atoms with E-state index in [9.17, 15) is 13.2 Å². The molecule has 0 spiro atoms. The van der Waals surface area contributed by atoms with Crippen LogP contribution in [0.1, 0.15) is 15.9 Å².